The standard InChI is InChI=1S/C20H19ClN4O4S/c21-17-9-2-1-8-16(17)19-23-18(29-24-19)13-22-20(26)14-6-5-7-15(12-14)30(27,28)25-10-3-4-11-25/h1-2,5-9,12H,3-4,10-11,13H2,(H,22,26). The lowest BCUT2D eigenvalue weighted by Crippen LogP contribution is -2.28. The SMILES string of the molecule is O=C(NCc1nc(-c2ccccc2Cl)no1)c1cccc(S(=O)(=O)N2CCCC2)c1. The van der Waals surface area contributed by atoms with E-state index in [2.05, 4.69) is 15.5 Å². The second kappa shape index (κ2) is 8.55. The lowest BCUT2D eigenvalue weighted by Gasteiger charge is -2.15. The number of benzene rings is 2. The highest BCUT2D eigenvalue weighted by Gasteiger charge is 2.27. The van der Waals surface area contributed by atoms with Crippen molar-refractivity contribution in [3.8, 4) is 11.4 Å². The first-order valence-electron chi connectivity index (χ1n) is 9.41. The molecule has 10 heteroatoms. The van der Waals surface area contributed by atoms with Crippen molar-refractivity contribution in [3.05, 3.63) is 65.0 Å². The maximum Gasteiger partial charge on any atom is 0.251 e. The number of sulfonamides is 1. The summed E-state index contributed by atoms with van der Waals surface area (Å²) in [7, 11) is -3.59. The van der Waals surface area contributed by atoms with Gasteiger partial charge in [0.15, 0.2) is 0 Å². The largest absolute Gasteiger partial charge is 0.343 e. The first-order chi connectivity index (χ1) is 14.4. The van der Waals surface area contributed by atoms with Gasteiger partial charge in [0.2, 0.25) is 21.7 Å². The van der Waals surface area contributed by atoms with Gasteiger partial charge in [-0.05, 0) is 43.2 Å². The van der Waals surface area contributed by atoms with Gasteiger partial charge in [-0.1, -0.05) is 35.0 Å². The Bertz CT molecular complexity index is 1170. The summed E-state index contributed by atoms with van der Waals surface area (Å²) in [6.07, 6.45) is 1.69. The van der Waals surface area contributed by atoms with Crippen molar-refractivity contribution in [1.82, 2.24) is 19.8 Å². The van der Waals surface area contributed by atoms with Gasteiger partial charge in [-0.2, -0.15) is 9.29 Å². The van der Waals surface area contributed by atoms with Gasteiger partial charge < -0.3 is 9.84 Å². The Balaban J connectivity index is 1.44. The highest BCUT2D eigenvalue weighted by molar-refractivity contribution is 7.89. The van der Waals surface area contributed by atoms with Gasteiger partial charge in [0.1, 0.15) is 0 Å². The van der Waals surface area contributed by atoms with Gasteiger partial charge in [0, 0.05) is 24.2 Å². The summed E-state index contributed by atoms with van der Waals surface area (Å²) in [6, 6.07) is 13.1. The van der Waals surface area contributed by atoms with E-state index in [1.165, 1.54) is 16.4 Å². The molecule has 30 heavy (non-hydrogen) atoms. The van der Waals surface area contributed by atoms with E-state index in [-0.39, 0.29) is 22.9 Å². The van der Waals surface area contributed by atoms with Crippen LogP contribution in [0.4, 0.5) is 0 Å². The number of hydrogen-bond donors (Lipinski definition) is 1. The van der Waals surface area contributed by atoms with Gasteiger partial charge in [-0.25, -0.2) is 8.42 Å². The van der Waals surface area contributed by atoms with Crippen LogP contribution in [0.2, 0.25) is 5.02 Å². The van der Waals surface area contributed by atoms with Gasteiger partial charge >= 0.3 is 0 Å². The van der Waals surface area contributed by atoms with E-state index in [0.717, 1.165) is 12.8 Å². The summed E-state index contributed by atoms with van der Waals surface area (Å²) in [6.45, 7) is 1.01. The van der Waals surface area contributed by atoms with Crippen molar-refractivity contribution in [3.63, 3.8) is 0 Å². The van der Waals surface area contributed by atoms with Crippen LogP contribution in [0.25, 0.3) is 11.4 Å². The molecule has 0 bridgehead atoms. The maximum absolute atomic E-state index is 12.7. The van der Waals surface area contributed by atoms with E-state index < -0.39 is 15.9 Å². The zero-order valence-corrected chi connectivity index (χ0v) is 17.5. The minimum atomic E-state index is -3.59. The molecule has 0 aliphatic carbocycles. The third-order valence-corrected chi connectivity index (χ3v) is 7.01. The van der Waals surface area contributed by atoms with Crippen molar-refractivity contribution >= 4 is 27.5 Å². The fraction of sp³-hybridized carbons (Fsp3) is 0.250. The summed E-state index contributed by atoms with van der Waals surface area (Å²) in [5.41, 5.74) is 0.862. The second-order valence-electron chi connectivity index (χ2n) is 6.81. The average molecular weight is 447 g/mol. The van der Waals surface area contributed by atoms with Crippen molar-refractivity contribution < 1.29 is 17.7 Å². The monoisotopic (exact) mass is 446 g/mol. The van der Waals surface area contributed by atoms with E-state index in [0.29, 0.717) is 29.5 Å². The third kappa shape index (κ3) is 4.23. The molecule has 3 aromatic rings. The Morgan fingerprint density at radius 3 is 2.67 bits per heavy atom. The molecule has 0 atom stereocenters. The van der Waals surface area contributed by atoms with Crippen LogP contribution in [0.15, 0.2) is 57.9 Å². The number of hydrogen-bond acceptors (Lipinski definition) is 6. The summed E-state index contributed by atoms with van der Waals surface area (Å²) in [5.74, 6) is 0.0913. The number of carbonyl (C=O) groups excluding carboxylic acids is 1. The zero-order chi connectivity index (χ0) is 21.1. The average Bonchev–Trinajstić information content (AvgIpc) is 3.45. The maximum atomic E-state index is 12.7. The van der Waals surface area contributed by atoms with Crippen molar-refractivity contribution in [1.29, 1.82) is 0 Å². The van der Waals surface area contributed by atoms with Crippen LogP contribution in [-0.2, 0) is 16.6 Å². The molecule has 1 fully saturated rings. The lowest BCUT2D eigenvalue weighted by atomic mass is 10.2. The zero-order valence-electron chi connectivity index (χ0n) is 15.9. The minimum absolute atomic E-state index is 0.000607. The first kappa shape index (κ1) is 20.5. The van der Waals surface area contributed by atoms with E-state index in [4.69, 9.17) is 16.1 Å². The molecule has 8 nitrogen and oxygen atoms in total. The number of nitrogens with one attached hydrogen (secondary N) is 1. The molecular weight excluding hydrogens is 428 g/mol. The first-order valence-corrected chi connectivity index (χ1v) is 11.2. The summed E-state index contributed by atoms with van der Waals surface area (Å²) < 4.78 is 32.0. The van der Waals surface area contributed by atoms with Crippen molar-refractivity contribution in [2.75, 3.05) is 13.1 Å². The normalized spacial score (nSPS) is 14.7. The van der Waals surface area contributed by atoms with Gasteiger partial charge in [-0.3, -0.25) is 4.79 Å². The van der Waals surface area contributed by atoms with Crippen molar-refractivity contribution in [2.24, 2.45) is 0 Å². The molecule has 1 amide bonds. The summed E-state index contributed by atoms with van der Waals surface area (Å²) >= 11 is 6.13. The Morgan fingerprint density at radius 1 is 1.13 bits per heavy atom. The van der Waals surface area contributed by atoms with Crippen LogP contribution in [0, 0.1) is 0 Å². The van der Waals surface area contributed by atoms with Crippen LogP contribution >= 0.6 is 11.6 Å². The topological polar surface area (TPSA) is 105 Å². The predicted molar refractivity (Wildman–Crippen MR) is 110 cm³/mol. The number of nitrogens with zero attached hydrogens (tertiary/aromatic N) is 3. The van der Waals surface area contributed by atoms with Gasteiger partial charge in [0.05, 0.1) is 16.5 Å². The third-order valence-electron chi connectivity index (χ3n) is 4.78. The molecule has 1 aliphatic heterocycles. The van der Waals surface area contributed by atoms with E-state index >= 15 is 0 Å². The quantitative estimate of drug-likeness (QED) is 0.623. The highest BCUT2D eigenvalue weighted by Crippen LogP contribution is 2.25. The molecule has 2 heterocycles. The summed E-state index contributed by atoms with van der Waals surface area (Å²) in [5, 5.41) is 7.04. The molecule has 2 aromatic carbocycles. The lowest BCUT2D eigenvalue weighted by molar-refractivity contribution is 0.0946. The molecular formula is C20H19ClN4O4S. The van der Waals surface area contributed by atoms with Gasteiger partial charge in [0.25, 0.3) is 5.91 Å². The Kier molecular flexibility index (Phi) is 5.85. The van der Waals surface area contributed by atoms with Crippen LogP contribution in [0.3, 0.4) is 0 Å². The summed E-state index contributed by atoms with van der Waals surface area (Å²) in [4.78, 5) is 16.9. The number of carbonyl (C=O) groups is 1. The molecule has 0 spiro atoms. The highest BCUT2D eigenvalue weighted by atomic mass is 35.5. The predicted octanol–water partition coefficient (Wildman–Crippen LogP) is 3.10. The Labute approximate surface area is 178 Å². The fourth-order valence-corrected chi connectivity index (χ4v) is 5.00. The Morgan fingerprint density at radius 2 is 1.90 bits per heavy atom. The minimum Gasteiger partial charge on any atom is -0.343 e. The molecule has 1 N–H and O–H groups in total. The van der Waals surface area contributed by atoms with E-state index in [1.807, 2.05) is 6.07 Å². The number of amides is 1. The van der Waals surface area contributed by atoms with E-state index in [1.54, 1.807) is 30.3 Å². The molecule has 156 valence electrons. The number of rotatable bonds is 6. The number of halogens is 1. The molecule has 1 saturated heterocycles. The van der Waals surface area contributed by atoms with Crippen LogP contribution in [-0.4, -0.2) is 41.9 Å². The van der Waals surface area contributed by atoms with Crippen LogP contribution in [0.5, 0.6) is 0 Å². The van der Waals surface area contributed by atoms with E-state index in [9.17, 15) is 13.2 Å². The van der Waals surface area contributed by atoms with Crippen LogP contribution < -0.4 is 5.32 Å². The molecule has 4 rings (SSSR count). The number of aromatic nitrogens is 2. The fourth-order valence-electron chi connectivity index (χ4n) is 3.21. The van der Waals surface area contributed by atoms with Gasteiger partial charge in [-0.15, -0.1) is 0 Å². The molecule has 1 aromatic heterocycles. The second-order valence-corrected chi connectivity index (χ2v) is 9.16. The van der Waals surface area contributed by atoms with Crippen molar-refractivity contribution in [2.45, 2.75) is 24.3 Å². The molecule has 0 unspecified atom stereocenters. The Hall–Kier alpha value is -2.75. The molecule has 0 radical (unpaired) electrons. The van der Waals surface area contributed by atoms with Crippen LogP contribution in [0.1, 0.15) is 29.1 Å². The molecule has 1 aliphatic rings. The molecule has 0 saturated carbocycles. The smallest absolute Gasteiger partial charge is 0.251 e.